The van der Waals surface area contributed by atoms with Crippen molar-refractivity contribution in [1.29, 1.82) is 0 Å². The monoisotopic (exact) mass is 405 g/mol. The number of anilines is 1. The van der Waals surface area contributed by atoms with Crippen molar-refractivity contribution >= 4 is 23.7 Å². The summed E-state index contributed by atoms with van der Waals surface area (Å²) in [6.45, 7) is 4.36. The summed E-state index contributed by atoms with van der Waals surface area (Å²) in [5, 5.41) is 14.2. The molecule has 2 aromatic rings. The summed E-state index contributed by atoms with van der Waals surface area (Å²) < 4.78 is 0. The molecule has 1 saturated heterocycles. The summed E-state index contributed by atoms with van der Waals surface area (Å²) in [4.78, 5) is 38.4. The number of hydrogen-bond donors (Lipinski definition) is 1. The molecule has 0 radical (unpaired) electrons. The molecular weight excluding hydrogens is 382 g/mol. The minimum atomic E-state index is -1.14. The lowest BCUT2D eigenvalue weighted by molar-refractivity contribution is -0.383. The second-order valence-corrected chi connectivity index (χ2v) is 7.87. The summed E-state index contributed by atoms with van der Waals surface area (Å²) in [6.07, 6.45) is 4.77. The largest absolute Gasteiger partial charge is 0.330 e. The van der Waals surface area contributed by atoms with Gasteiger partial charge in [-0.2, -0.15) is 0 Å². The van der Waals surface area contributed by atoms with Gasteiger partial charge < -0.3 is 10.2 Å². The molecule has 1 fully saturated rings. The number of carbonyl (C=O) groups excluding carboxylic acids is 2. The van der Waals surface area contributed by atoms with Gasteiger partial charge in [-0.15, -0.1) is 6.58 Å². The van der Waals surface area contributed by atoms with Gasteiger partial charge in [-0.05, 0) is 42.9 Å². The van der Waals surface area contributed by atoms with E-state index in [1.54, 1.807) is 23.1 Å². The molecule has 1 heterocycles. The number of allylic oxidation sites excluding steroid dienone is 1. The normalized spacial score (nSPS) is 24.5. The maximum absolute atomic E-state index is 13.8. The fourth-order valence-electron chi connectivity index (χ4n) is 5.44. The van der Waals surface area contributed by atoms with Crippen LogP contribution in [-0.2, 0) is 21.4 Å². The van der Waals surface area contributed by atoms with Crippen molar-refractivity contribution < 1.29 is 14.5 Å². The number of likely N-dealkylation sites (tertiary alicyclic amines) is 1. The molecule has 0 aromatic heterocycles. The third-order valence-corrected chi connectivity index (χ3v) is 6.70. The molecule has 2 amide bonds. The first-order valence-electron chi connectivity index (χ1n) is 9.96. The highest BCUT2D eigenvalue weighted by Gasteiger charge is 2.65. The van der Waals surface area contributed by atoms with Gasteiger partial charge >= 0.3 is 0 Å². The standard InChI is InChI=1S/C23H23N3O4/c1-2-12-22-14-15-25(16-27)23(22,13-11-17-7-3-4-8-18(17)22)21(28)24-19-9-5-6-10-20(19)26(29)30/h2-10,16H,1,11-15H2,(H,24,28)/t22-,23-/m1/s1. The van der Waals surface area contributed by atoms with Gasteiger partial charge in [-0.1, -0.05) is 42.5 Å². The van der Waals surface area contributed by atoms with Gasteiger partial charge in [-0.3, -0.25) is 19.7 Å². The van der Waals surface area contributed by atoms with Crippen LogP contribution in [0.2, 0.25) is 0 Å². The number of fused-ring (bicyclic) bond motifs is 3. The van der Waals surface area contributed by atoms with Crippen LogP contribution in [0.4, 0.5) is 11.4 Å². The molecule has 154 valence electrons. The Morgan fingerprint density at radius 3 is 2.67 bits per heavy atom. The van der Waals surface area contributed by atoms with Crippen molar-refractivity contribution in [2.75, 3.05) is 11.9 Å². The number of para-hydroxylation sites is 2. The number of hydrogen-bond acceptors (Lipinski definition) is 4. The van der Waals surface area contributed by atoms with E-state index in [2.05, 4.69) is 18.0 Å². The highest BCUT2D eigenvalue weighted by Crippen LogP contribution is 2.56. The van der Waals surface area contributed by atoms with E-state index in [-0.39, 0.29) is 11.4 Å². The van der Waals surface area contributed by atoms with E-state index in [1.165, 1.54) is 17.7 Å². The molecule has 2 aliphatic rings. The van der Waals surface area contributed by atoms with Gasteiger partial charge in [0.1, 0.15) is 11.2 Å². The molecule has 0 unspecified atom stereocenters. The van der Waals surface area contributed by atoms with Crippen LogP contribution in [0.1, 0.15) is 30.4 Å². The molecule has 1 aliphatic carbocycles. The lowest BCUT2D eigenvalue weighted by atomic mass is 9.57. The van der Waals surface area contributed by atoms with E-state index in [0.717, 1.165) is 12.0 Å². The fraction of sp³-hybridized carbons (Fsp3) is 0.304. The molecule has 1 aliphatic heterocycles. The summed E-state index contributed by atoms with van der Waals surface area (Å²) in [5.41, 5.74) is 0.410. The number of nitrogens with one attached hydrogen (secondary N) is 1. The van der Waals surface area contributed by atoms with E-state index in [1.807, 2.05) is 18.2 Å². The SMILES string of the molecule is C=CC[C@]12CCN(C=O)[C@@]1(C(=O)Nc1ccccc1[N+](=O)[O-])CCc1ccccc12. The number of aryl methyl sites for hydroxylation is 1. The Morgan fingerprint density at radius 2 is 1.93 bits per heavy atom. The van der Waals surface area contributed by atoms with Crippen molar-refractivity contribution in [3.05, 3.63) is 82.4 Å². The predicted octanol–water partition coefficient (Wildman–Crippen LogP) is 3.59. The number of nitrogens with zero attached hydrogens (tertiary/aromatic N) is 2. The van der Waals surface area contributed by atoms with Gasteiger partial charge in [0.05, 0.1) is 4.92 Å². The smallest absolute Gasteiger partial charge is 0.292 e. The number of amides is 2. The molecule has 2 atom stereocenters. The number of rotatable bonds is 6. The third kappa shape index (κ3) is 2.65. The number of benzene rings is 2. The van der Waals surface area contributed by atoms with Crippen LogP contribution in [0.15, 0.2) is 61.2 Å². The van der Waals surface area contributed by atoms with Gasteiger partial charge in [0, 0.05) is 18.0 Å². The van der Waals surface area contributed by atoms with Crippen molar-refractivity contribution in [2.45, 2.75) is 36.6 Å². The molecule has 0 bridgehead atoms. The lowest BCUT2D eigenvalue weighted by Gasteiger charge is -2.51. The van der Waals surface area contributed by atoms with Crippen molar-refractivity contribution in [1.82, 2.24) is 4.90 Å². The van der Waals surface area contributed by atoms with Crippen molar-refractivity contribution in [2.24, 2.45) is 0 Å². The van der Waals surface area contributed by atoms with Crippen LogP contribution < -0.4 is 5.32 Å². The predicted molar refractivity (Wildman–Crippen MR) is 113 cm³/mol. The lowest BCUT2D eigenvalue weighted by Crippen LogP contribution is -2.64. The quantitative estimate of drug-likeness (QED) is 0.344. The third-order valence-electron chi connectivity index (χ3n) is 6.70. The molecular formula is C23H23N3O4. The Morgan fingerprint density at radius 1 is 1.20 bits per heavy atom. The maximum atomic E-state index is 13.8. The second kappa shape index (κ2) is 7.40. The number of nitro benzene ring substituents is 1. The molecule has 0 spiro atoms. The van der Waals surface area contributed by atoms with E-state index >= 15 is 0 Å². The van der Waals surface area contributed by atoms with E-state index < -0.39 is 21.8 Å². The van der Waals surface area contributed by atoms with Crippen molar-refractivity contribution in [3.8, 4) is 0 Å². The zero-order chi connectivity index (χ0) is 21.4. The molecule has 7 nitrogen and oxygen atoms in total. The minimum Gasteiger partial charge on any atom is -0.330 e. The fourth-order valence-corrected chi connectivity index (χ4v) is 5.44. The maximum Gasteiger partial charge on any atom is 0.292 e. The summed E-state index contributed by atoms with van der Waals surface area (Å²) >= 11 is 0. The molecule has 1 N–H and O–H groups in total. The highest BCUT2D eigenvalue weighted by atomic mass is 16.6. The van der Waals surface area contributed by atoms with Gasteiger partial charge in [-0.25, -0.2) is 0 Å². The second-order valence-electron chi connectivity index (χ2n) is 7.87. The molecule has 2 aromatic carbocycles. The zero-order valence-corrected chi connectivity index (χ0v) is 16.5. The molecule has 30 heavy (non-hydrogen) atoms. The Hall–Kier alpha value is -3.48. The van der Waals surface area contributed by atoms with E-state index in [4.69, 9.17) is 0 Å². The zero-order valence-electron chi connectivity index (χ0n) is 16.5. The first-order valence-corrected chi connectivity index (χ1v) is 9.96. The Labute approximate surface area is 174 Å². The van der Waals surface area contributed by atoms with Crippen LogP contribution >= 0.6 is 0 Å². The van der Waals surface area contributed by atoms with E-state index in [9.17, 15) is 19.7 Å². The molecule has 0 saturated carbocycles. The topological polar surface area (TPSA) is 92.6 Å². The van der Waals surface area contributed by atoms with Crippen LogP contribution in [0.5, 0.6) is 0 Å². The number of nitro groups is 1. The molecule has 7 heteroatoms. The van der Waals surface area contributed by atoms with Crippen molar-refractivity contribution in [3.63, 3.8) is 0 Å². The summed E-state index contributed by atoms with van der Waals surface area (Å²) in [5.74, 6) is -0.391. The summed E-state index contributed by atoms with van der Waals surface area (Å²) in [6, 6.07) is 14.1. The first-order chi connectivity index (χ1) is 14.5. The van der Waals surface area contributed by atoms with Crippen LogP contribution in [0.3, 0.4) is 0 Å². The average Bonchev–Trinajstić information content (AvgIpc) is 3.09. The minimum absolute atomic E-state index is 0.131. The average molecular weight is 405 g/mol. The van der Waals surface area contributed by atoms with Gasteiger partial charge in [0.2, 0.25) is 6.41 Å². The van der Waals surface area contributed by atoms with Crippen LogP contribution in [0, 0.1) is 10.1 Å². The Bertz CT molecular complexity index is 1040. The van der Waals surface area contributed by atoms with Crippen LogP contribution in [-0.4, -0.2) is 34.2 Å². The summed E-state index contributed by atoms with van der Waals surface area (Å²) in [7, 11) is 0. The van der Waals surface area contributed by atoms with E-state index in [0.29, 0.717) is 32.2 Å². The Balaban J connectivity index is 1.86. The number of carbonyl (C=O) groups is 2. The van der Waals surface area contributed by atoms with Crippen LogP contribution in [0.25, 0.3) is 0 Å². The Kier molecular flexibility index (Phi) is 4.89. The first kappa shape index (κ1) is 19.8. The van der Waals surface area contributed by atoms with Gasteiger partial charge in [0.25, 0.3) is 11.6 Å². The highest BCUT2D eigenvalue weighted by molar-refractivity contribution is 6.03. The van der Waals surface area contributed by atoms with Gasteiger partial charge in [0.15, 0.2) is 0 Å². The molecule has 4 rings (SSSR count).